The summed E-state index contributed by atoms with van der Waals surface area (Å²) < 4.78 is 0. The van der Waals surface area contributed by atoms with Crippen LogP contribution < -0.4 is 11.1 Å². The normalized spacial score (nSPS) is 16.0. The summed E-state index contributed by atoms with van der Waals surface area (Å²) >= 11 is 0. The average Bonchev–Trinajstić information content (AvgIpc) is 2.31. The molecule has 100 valence electrons. The van der Waals surface area contributed by atoms with Crippen LogP contribution in [0.5, 0.6) is 0 Å². The Kier molecular flexibility index (Phi) is 7.54. The second kappa shape index (κ2) is 8.06. The number of carboxylic acid groups (broad SMARTS) is 1. The third-order valence-corrected chi connectivity index (χ3v) is 3.02. The molecule has 5 heteroatoms. The molecular weight excluding hydrogens is 220 g/mol. The zero-order valence-corrected chi connectivity index (χ0v) is 10.9. The minimum atomic E-state index is -0.997. The molecule has 1 unspecified atom stereocenters. The largest absolute Gasteiger partial charge is 0.480 e. The van der Waals surface area contributed by atoms with Crippen molar-refractivity contribution in [2.75, 3.05) is 0 Å². The molecule has 1 amide bonds. The number of carboxylic acids is 1. The average molecular weight is 244 g/mol. The van der Waals surface area contributed by atoms with Crippen LogP contribution in [0.25, 0.3) is 0 Å². The first-order valence-electron chi connectivity index (χ1n) is 6.22. The molecule has 0 aliphatic rings. The third kappa shape index (κ3) is 5.68. The van der Waals surface area contributed by atoms with Gasteiger partial charge in [0.05, 0.1) is 6.04 Å². The quantitative estimate of drug-likeness (QED) is 0.596. The highest BCUT2D eigenvalue weighted by Gasteiger charge is 2.25. The van der Waals surface area contributed by atoms with E-state index in [1.54, 1.807) is 0 Å². The first-order valence-corrected chi connectivity index (χ1v) is 6.22. The van der Waals surface area contributed by atoms with Crippen LogP contribution >= 0.6 is 0 Å². The molecule has 3 atom stereocenters. The van der Waals surface area contributed by atoms with Crippen LogP contribution in [0.3, 0.4) is 0 Å². The SMILES string of the molecule is CCCCC(NC(=O)[C@@H](N)[C@@H](C)CC)C(=O)O. The molecule has 0 aromatic carbocycles. The molecule has 5 nitrogen and oxygen atoms in total. The maximum Gasteiger partial charge on any atom is 0.326 e. The number of carbonyl (C=O) groups is 2. The number of nitrogens with one attached hydrogen (secondary N) is 1. The Morgan fingerprint density at radius 3 is 2.35 bits per heavy atom. The highest BCUT2D eigenvalue weighted by Crippen LogP contribution is 2.07. The van der Waals surface area contributed by atoms with Crippen LogP contribution in [0.2, 0.25) is 0 Å². The molecule has 0 rings (SSSR count). The molecule has 0 bridgehead atoms. The lowest BCUT2D eigenvalue weighted by Crippen LogP contribution is -2.50. The molecule has 0 aromatic heterocycles. The fourth-order valence-corrected chi connectivity index (χ4v) is 1.45. The summed E-state index contributed by atoms with van der Waals surface area (Å²) in [7, 11) is 0. The van der Waals surface area contributed by atoms with Crippen molar-refractivity contribution in [3.8, 4) is 0 Å². The monoisotopic (exact) mass is 244 g/mol. The van der Waals surface area contributed by atoms with Crippen molar-refractivity contribution < 1.29 is 14.7 Å². The molecule has 0 aliphatic carbocycles. The van der Waals surface area contributed by atoms with Crippen molar-refractivity contribution >= 4 is 11.9 Å². The number of carbonyl (C=O) groups excluding carboxylic acids is 1. The van der Waals surface area contributed by atoms with E-state index in [1.165, 1.54) is 0 Å². The van der Waals surface area contributed by atoms with E-state index in [2.05, 4.69) is 5.32 Å². The second-order valence-corrected chi connectivity index (χ2v) is 4.45. The Labute approximate surface area is 103 Å². The van der Waals surface area contributed by atoms with Gasteiger partial charge in [-0.15, -0.1) is 0 Å². The van der Waals surface area contributed by atoms with E-state index in [1.807, 2.05) is 20.8 Å². The molecule has 0 heterocycles. The maximum atomic E-state index is 11.7. The molecule has 0 fully saturated rings. The van der Waals surface area contributed by atoms with E-state index in [4.69, 9.17) is 10.8 Å². The molecule has 0 saturated carbocycles. The number of aliphatic carboxylic acids is 1. The Morgan fingerprint density at radius 1 is 1.35 bits per heavy atom. The first-order chi connectivity index (χ1) is 7.93. The van der Waals surface area contributed by atoms with Gasteiger partial charge in [0, 0.05) is 0 Å². The van der Waals surface area contributed by atoms with Gasteiger partial charge in [-0.3, -0.25) is 4.79 Å². The molecule has 17 heavy (non-hydrogen) atoms. The fraction of sp³-hybridized carbons (Fsp3) is 0.833. The van der Waals surface area contributed by atoms with E-state index in [0.29, 0.717) is 6.42 Å². The predicted octanol–water partition coefficient (Wildman–Crippen LogP) is 1.12. The van der Waals surface area contributed by atoms with Gasteiger partial charge < -0.3 is 16.2 Å². The number of hydrogen-bond acceptors (Lipinski definition) is 3. The van der Waals surface area contributed by atoms with Crippen LogP contribution in [0.1, 0.15) is 46.5 Å². The van der Waals surface area contributed by atoms with Gasteiger partial charge in [-0.05, 0) is 12.3 Å². The van der Waals surface area contributed by atoms with Crippen LogP contribution in [0.15, 0.2) is 0 Å². The lowest BCUT2D eigenvalue weighted by Gasteiger charge is -2.21. The van der Waals surface area contributed by atoms with Gasteiger partial charge in [0.2, 0.25) is 5.91 Å². The smallest absolute Gasteiger partial charge is 0.326 e. The second-order valence-electron chi connectivity index (χ2n) is 4.45. The lowest BCUT2D eigenvalue weighted by atomic mass is 9.99. The summed E-state index contributed by atoms with van der Waals surface area (Å²) in [4.78, 5) is 22.7. The highest BCUT2D eigenvalue weighted by molar-refractivity contribution is 5.86. The van der Waals surface area contributed by atoms with E-state index in [0.717, 1.165) is 19.3 Å². The summed E-state index contributed by atoms with van der Waals surface area (Å²) in [6, 6.07) is -1.46. The summed E-state index contributed by atoms with van der Waals surface area (Å²) in [6.45, 7) is 5.81. The summed E-state index contributed by atoms with van der Waals surface area (Å²) in [5.74, 6) is -1.32. The minimum Gasteiger partial charge on any atom is -0.480 e. The van der Waals surface area contributed by atoms with Gasteiger partial charge in [-0.1, -0.05) is 40.0 Å². The van der Waals surface area contributed by atoms with E-state index < -0.39 is 18.1 Å². The van der Waals surface area contributed by atoms with E-state index in [9.17, 15) is 9.59 Å². The van der Waals surface area contributed by atoms with Crippen molar-refractivity contribution in [3.63, 3.8) is 0 Å². The van der Waals surface area contributed by atoms with Gasteiger partial charge >= 0.3 is 5.97 Å². The summed E-state index contributed by atoms with van der Waals surface area (Å²) in [5.41, 5.74) is 5.74. The number of rotatable bonds is 8. The highest BCUT2D eigenvalue weighted by atomic mass is 16.4. The Morgan fingerprint density at radius 2 is 1.94 bits per heavy atom. The van der Waals surface area contributed by atoms with Crippen LogP contribution in [-0.4, -0.2) is 29.1 Å². The minimum absolute atomic E-state index is 0.0515. The fourth-order valence-electron chi connectivity index (χ4n) is 1.45. The summed E-state index contributed by atoms with van der Waals surface area (Å²) in [6.07, 6.45) is 2.92. The first kappa shape index (κ1) is 15.9. The van der Waals surface area contributed by atoms with E-state index in [-0.39, 0.29) is 11.8 Å². The number of amides is 1. The Balaban J connectivity index is 4.34. The zero-order chi connectivity index (χ0) is 13.4. The number of hydrogen-bond donors (Lipinski definition) is 3. The number of unbranched alkanes of at least 4 members (excludes halogenated alkanes) is 1. The molecule has 0 aliphatic heterocycles. The van der Waals surface area contributed by atoms with Gasteiger partial charge in [0.1, 0.15) is 6.04 Å². The molecule has 0 saturated heterocycles. The van der Waals surface area contributed by atoms with Crippen LogP contribution in [0.4, 0.5) is 0 Å². The van der Waals surface area contributed by atoms with Crippen molar-refractivity contribution in [3.05, 3.63) is 0 Å². The third-order valence-electron chi connectivity index (χ3n) is 3.02. The Bertz CT molecular complexity index is 256. The van der Waals surface area contributed by atoms with Crippen LogP contribution in [-0.2, 0) is 9.59 Å². The zero-order valence-electron chi connectivity index (χ0n) is 10.9. The van der Waals surface area contributed by atoms with Gasteiger partial charge in [-0.2, -0.15) is 0 Å². The van der Waals surface area contributed by atoms with Gasteiger partial charge in [-0.25, -0.2) is 4.79 Å². The predicted molar refractivity (Wildman–Crippen MR) is 66.5 cm³/mol. The maximum absolute atomic E-state index is 11.7. The number of nitrogens with two attached hydrogens (primary N) is 1. The lowest BCUT2D eigenvalue weighted by molar-refractivity contribution is -0.142. The van der Waals surface area contributed by atoms with Crippen molar-refractivity contribution in [2.24, 2.45) is 11.7 Å². The topological polar surface area (TPSA) is 92.4 Å². The standard InChI is InChI=1S/C12H24N2O3/c1-4-6-7-9(12(16)17)14-11(15)10(13)8(3)5-2/h8-10H,4-7,13H2,1-3H3,(H,14,15)(H,16,17)/t8-,9?,10-/m0/s1. The van der Waals surface area contributed by atoms with Crippen molar-refractivity contribution in [1.82, 2.24) is 5.32 Å². The molecular formula is C12H24N2O3. The molecule has 0 radical (unpaired) electrons. The van der Waals surface area contributed by atoms with Crippen molar-refractivity contribution in [1.29, 1.82) is 0 Å². The Hall–Kier alpha value is -1.10. The van der Waals surface area contributed by atoms with Gasteiger partial charge in [0.15, 0.2) is 0 Å². The molecule has 4 N–H and O–H groups in total. The van der Waals surface area contributed by atoms with Gasteiger partial charge in [0.25, 0.3) is 0 Å². The van der Waals surface area contributed by atoms with E-state index >= 15 is 0 Å². The van der Waals surface area contributed by atoms with Crippen molar-refractivity contribution in [2.45, 2.75) is 58.5 Å². The molecule has 0 aromatic rings. The van der Waals surface area contributed by atoms with Crippen LogP contribution in [0, 0.1) is 5.92 Å². The summed E-state index contributed by atoms with van der Waals surface area (Å²) in [5, 5.41) is 11.5. The molecule has 0 spiro atoms.